The van der Waals surface area contributed by atoms with Gasteiger partial charge in [-0.1, -0.05) is 19.1 Å². The first-order valence-electron chi connectivity index (χ1n) is 9.31. The molecule has 0 heterocycles. The van der Waals surface area contributed by atoms with E-state index in [-0.39, 0.29) is 23.7 Å². The lowest BCUT2D eigenvalue weighted by atomic mass is 9.81. The summed E-state index contributed by atoms with van der Waals surface area (Å²) in [6, 6.07) is 8.01. The number of hydrogen-bond donors (Lipinski definition) is 2. The Balaban J connectivity index is 1.74. The van der Waals surface area contributed by atoms with Crippen molar-refractivity contribution < 1.29 is 9.59 Å². The van der Waals surface area contributed by atoms with Crippen LogP contribution in [0.15, 0.2) is 24.3 Å². The van der Waals surface area contributed by atoms with Crippen LogP contribution in [0.2, 0.25) is 0 Å². The van der Waals surface area contributed by atoms with Gasteiger partial charge in [-0.2, -0.15) is 0 Å². The predicted octanol–water partition coefficient (Wildman–Crippen LogP) is 2.67. The molecule has 0 radical (unpaired) electrons. The van der Waals surface area contributed by atoms with E-state index in [0.717, 1.165) is 44.3 Å². The van der Waals surface area contributed by atoms with Crippen LogP contribution in [0.5, 0.6) is 0 Å². The first kappa shape index (κ1) is 19.4. The molecule has 0 bridgehead atoms. The van der Waals surface area contributed by atoms with Crippen LogP contribution < -0.4 is 10.6 Å². The summed E-state index contributed by atoms with van der Waals surface area (Å²) >= 11 is 0. The molecule has 0 aromatic heterocycles. The second kappa shape index (κ2) is 9.56. The largest absolute Gasteiger partial charge is 0.355 e. The average Bonchev–Trinajstić information content (AvgIpc) is 2.62. The average molecular weight is 345 g/mol. The summed E-state index contributed by atoms with van der Waals surface area (Å²) in [5.41, 5.74) is 2.12. The van der Waals surface area contributed by atoms with Gasteiger partial charge in [-0.25, -0.2) is 0 Å². The van der Waals surface area contributed by atoms with E-state index in [1.807, 2.05) is 38.4 Å². The van der Waals surface area contributed by atoms with Crippen molar-refractivity contribution in [2.24, 2.45) is 11.8 Å². The highest BCUT2D eigenvalue weighted by Crippen LogP contribution is 2.29. The van der Waals surface area contributed by atoms with Gasteiger partial charge in [-0.3, -0.25) is 9.59 Å². The van der Waals surface area contributed by atoms with Crippen LogP contribution in [-0.2, 0) is 16.0 Å². The van der Waals surface area contributed by atoms with Gasteiger partial charge in [-0.05, 0) is 63.9 Å². The van der Waals surface area contributed by atoms with E-state index in [1.165, 1.54) is 5.56 Å². The summed E-state index contributed by atoms with van der Waals surface area (Å²) in [6.07, 6.45) is 4.14. The van der Waals surface area contributed by atoms with E-state index < -0.39 is 0 Å². The Hall–Kier alpha value is -1.88. The highest BCUT2D eigenvalue weighted by atomic mass is 16.2. The molecule has 1 aliphatic rings. The zero-order chi connectivity index (χ0) is 18.2. The molecule has 1 fully saturated rings. The summed E-state index contributed by atoms with van der Waals surface area (Å²) < 4.78 is 0. The first-order valence-corrected chi connectivity index (χ1v) is 9.31. The Kier molecular flexibility index (Phi) is 7.44. The van der Waals surface area contributed by atoms with Crippen molar-refractivity contribution in [1.82, 2.24) is 10.2 Å². The Labute approximate surface area is 151 Å². The van der Waals surface area contributed by atoms with E-state index in [2.05, 4.69) is 22.5 Å². The smallest absolute Gasteiger partial charge is 0.227 e. The van der Waals surface area contributed by atoms with Crippen molar-refractivity contribution in [3.05, 3.63) is 29.8 Å². The number of carbonyl (C=O) groups is 2. The lowest BCUT2D eigenvalue weighted by Crippen LogP contribution is -2.38. The van der Waals surface area contributed by atoms with Crippen molar-refractivity contribution in [2.45, 2.75) is 39.0 Å². The number of amides is 2. The van der Waals surface area contributed by atoms with E-state index in [1.54, 1.807) is 0 Å². The Morgan fingerprint density at radius 3 is 2.08 bits per heavy atom. The molecular formula is C20H31N3O2. The van der Waals surface area contributed by atoms with E-state index in [4.69, 9.17) is 0 Å². The molecule has 2 rings (SSSR count). The molecule has 2 N–H and O–H groups in total. The third-order valence-electron chi connectivity index (χ3n) is 4.96. The molecule has 2 amide bonds. The van der Waals surface area contributed by atoms with Crippen LogP contribution in [-0.4, -0.2) is 43.9 Å². The number of likely N-dealkylation sites (N-methyl/N-ethyl adjacent to an activating group) is 1. The summed E-state index contributed by atoms with van der Waals surface area (Å²) in [7, 11) is 3.98. The fourth-order valence-corrected chi connectivity index (χ4v) is 3.23. The summed E-state index contributed by atoms with van der Waals surface area (Å²) in [4.78, 5) is 26.7. The normalized spacial score (nSPS) is 20.3. The van der Waals surface area contributed by atoms with Crippen molar-refractivity contribution in [1.29, 1.82) is 0 Å². The van der Waals surface area contributed by atoms with Crippen LogP contribution in [0.1, 0.15) is 38.2 Å². The monoisotopic (exact) mass is 345 g/mol. The van der Waals surface area contributed by atoms with Crippen LogP contribution in [0.4, 0.5) is 5.69 Å². The fraction of sp³-hybridized carbons (Fsp3) is 0.600. The first-order chi connectivity index (χ1) is 12.0. The number of nitrogens with one attached hydrogen (secondary N) is 2. The standard InChI is InChI=1S/C20H31N3O2/c1-4-15-5-11-18(12-6-15)22-20(25)17-9-7-16(8-10-17)19(24)21-13-14-23(2)3/h5-6,11-12,16-17H,4,7-10,13-14H2,1-3H3,(H,21,24)(H,22,25). The molecular weight excluding hydrogens is 314 g/mol. The minimum atomic E-state index is 0.0108. The van der Waals surface area contributed by atoms with Crippen LogP contribution >= 0.6 is 0 Å². The molecule has 138 valence electrons. The molecule has 5 heteroatoms. The molecule has 1 aromatic carbocycles. The van der Waals surface area contributed by atoms with Crippen molar-refractivity contribution in [2.75, 3.05) is 32.5 Å². The third-order valence-corrected chi connectivity index (χ3v) is 4.96. The molecule has 0 saturated heterocycles. The maximum atomic E-state index is 12.4. The second-order valence-corrected chi connectivity index (χ2v) is 7.18. The maximum Gasteiger partial charge on any atom is 0.227 e. The van der Waals surface area contributed by atoms with Crippen LogP contribution in [0, 0.1) is 11.8 Å². The molecule has 0 aliphatic heterocycles. The summed E-state index contributed by atoms with van der Waals surface area (Å²) in [5.74, 6) is 0.276. The molecule has 1 aliphatic carbocycles. The second-order valence-electron chi connectivity index (χ2n) is 7.18. The zero-order valence-corrected chi connectivity index (χ0v) is 15.7. The predicted molar refractivity (Wildman–Crippen MR) is 101 cm³/mol. The van der Waals surface area contributed by atoms with Gasteiger partial charge in [0.05, 0.1) is 0 Å². The van der Waals surface area contributed by atoms with Gasteiger partial charge in [0.25, 0.3) is 0 Å². The van der Waals surface area contributed by atoms with Gasteiger partial charge >= 0.3 is 0 Å². The third kappa shape index (κ3) is 6.16. The number of hydrogen-bond acceptors (Lipinski definition) is 3. The minimum Gasteiger partial charge on any atom is -0.355 e. The van der Waals surface area contributed by atoms with Gasteiger partial charge < -0.3 is 15.5 Å². The lowest BCUT2D eigenvalue weighted by molar-refractivity contribution is -0.128. The molecule has 0 unspecified atom stereocenters. The zero-order valence-electron chi connectivity index (χ0n) is 15.7. The number of rotatable bonds is 7. The lowest BCUT2D eigenvalue weighted by Gasteiger charge is -2.27. The molecule has 0 spiro atoms. The highest BCUT2D eigenvalue weighted by Gasteiger charge is 2.29. The minimum absolute atomic E-state index is 0.0108. The van der Waals surface area contributed by atoms with Gasteiger partial charge in [-0.15, -0.1) is 0 Å². The Morgan fingerprint density at radius 1 is 1.00 bits per heavy atom. The molecule has 1 aromatic rings. The van der Waals surface area contributed by atoms with E-state index in [9.17, 15) is 9.59 Å². The number of benzene rings is 1. The van der Waals surface area contributed by atoms with E-state index >= 15 is 0 Å². The summed E-state index contributed by atoms with van der Waals surface area (Å²) in [5, 5.41) is 6.01. The van der Waals surface area contributed by atoms with Gasteiger partial charge in [0.1, 0.15) is 0 Å². The molecule has 1 saturated carbocycles. The van der Waals surface area contributed by atoms with Crippen molar-refractivity contribution in [3.8, 4) is 0 Å². The van der Waals surface area contributed by atoms with Gasteiger partial charge in [0.15, 0.2) is 0 Å². The molecule has 25 heavy (non-hydrogen) atoms. The number of carbonyl (C=O) groups excluding carboxylic acids is 2. The van der Waals surface area contributed by atoms with Crippen LogP contribution in [0.25, 0.3) is 0 Å². The highest BCUT2D eigenvalue weighted by molar-refractivity contribution is 5.92. The summed E-state index contributed by atoms with van der Waals surface area (Å²) in [6.45, 7) is 3.64. The fourth-order valence-electron chi connectivity index (χ4n) is 3.23. The van der Waals surface area contributed by atoms with Crippen LogP contribution in [0.3, 0.4) is 0 Å². The Bertz CT molecular complexity index is 561. The van der Waals surface area contributed by atoms with E-state index in [0.29, 0.717) is 6.54 Å². The molecule has 0 atom stereocenters. The molecule has 5 nitrogen and oxygen atoms in total. The Morgan fingerprint density at radius 2 is 1.56 bits per heavy atom. The van der Waals surface area contributed by atoms with Gasteiger partial charge in [0.2, 0.25) is 11.8 Å². The topological polar surface area (TPSA) is 61.4 Å². The van der Waals surface area contributed by atoms with Crippen molar-refractivity contribution in [3.63, 3.8) is 0 Å². The maximum absolute atomic E-state index is 12.4. The number of anilines is 1. The number of aryl methyl sites for hydroxylation is 1. The number of nitrogens with zero attached hydrogens (tertiary/aromatic N) is 1. The SMILES string of the molecule is CCc1ccc(NC(=O)C2CCC(C(=O)NCCN(C)C)CC2)cc1. The van der Waals surface area contributed by atoms with Gasteiger partial charge in [0, 0.05) is 30.6 Å². The quantitative estimate of drug-likeness (QED) is 0.799. The van der Waals surface area contributed by atoms with Crippen molar-refractivity contribution >= 4 is 17.5 Å².